The molecule has 1 N–H and O–H groups in total. The van der Waals surface area contributed by atoms with Crippen molar-refractivity contribution < 1.29 is 19.0 Å². The van der Waals surface area contributed by atoms with Gasteiger partial charge in [-0.05, 0) is 12.1 Å². The molecule has 3 nitrogen and oxygen atoms in total. The molecule has 0 unspecified atom stereocenters. The predicted molar refractivity (Wildman–Crippen MR) is 59.8 cm³/mol. The van der Waals surface area contributed by atoms with E-state index in [1.54, 1.807) is 12.1 Å². The summed E-state index contributed by atoms with van der Waals surface area (Å²) >= 11 is 0. The summed E-state index contributed by atoms with van der Waals surface area (Å²) in [4.78, 5) is 0. The van der Waals surface area contributed by atoms with E-state index < -0.39 is 0 Å². The van der Waals surface area contributed by atoms with Gasteiger partial charge in [0.05, 0.1) is 19.8 Å². The standard InChI is InChI=1S/C13H13FO3/c14-13-6-10(2-1-5-15)3-4-11(13)7-17-12-8-16-9-12/h3-4,6,12,15H,5,7-9H2. The van der Waals surface area contributed by atoms with Crippen LogP contribution in [0.3, 0.4) is 0 Å². The Hall–Kier alpha value is -1.41. The summed E-state index contributed by atoms with van der Waals surface area (Å²) in [5.74, 6) is 4.78. The van der Waals surface area contributed by atoms with Gasteiger partial charge in [0, 0.05) is 11.1 Å². The molecule has 1 fully saturated rings. The van der Waals surface area contributed by atoms with Crippen molar-refractivity contribution in [1.29, 1.82) is 0 Å². The van der Waals surface area contributed by atoms with Crippen LogP contribution < -0.4 is 0 Å². The monoisotopic (exact) mass is 236 g/mol. The van der Waals surface area contributed by atoms with E-state index in [0.717, 1.165) is 0 Å². The van der Waals surface area contributed by atoms with Gasteiger partial charge in [-0.2, -0.15) is 0 Å². The number of hydrogen-bond donors (Lipinski definition) is 1. The van der Waals surface area contributed by atoms with E-state index in [9.17, 15) is 4.39 Å². The number of rotatable bonds is 3. The molecule has 0 aromatic heterocycles. The Morgan fingerprint density at radius 3 is 2.88 bits per heavy atom. The topological polar surface area (TPSA) is 38.7 Å². The van der Waals surface area contributed by atoms with E-state index in [0.29, 0.717) is 24.3 Å². The quantitative estimate of drug-likeness (QED) is 0.798. The van der Waals surface area contributed by atoms with Crippen LogP contribution in [0, 0.1) is 17.7 Å². The summed E-state index contributed by atoms with van der Waals surface area (Å²) in [5.41, 5.74) is 1.05. The van der Waals surface area contributed by atoms with Gasteiger partial charge in [-0.15, -0.1) is 0 Å². The van der Waals surface area contributed by atoms with Gasteiger partial charge < -0.3 is 14.6 Å². The molecule has 17 heavy (non-hydrogen) atoms. The zero-order valence-electron chi connectivity index (χ0n) is 9.28. The minimum atomic E-state index is -0.338. The number of aliphatic hydroxyl groups is 1. The summed E-state index contributed by atoms with van der Waals surface area (Å²) in [6.45, 7) is 1.19. The van der Waals surface area contributed by atoms with Crippen molar-refractivity contribution in [2.24, 2.45) is 0 Å². The van der Waals surface area contributed by atoms with Crippen LogP contribution in [0.25, 0.3) is 0 Å². The van der Waals surface area contributed by atoms with Crippen molar-refractivity contribution in [3.63, 3.8) is 0 Å². The lowest BCUT2D eigenvalue weighted by atomic mass is 10.1. The van der Waals surface area contributed by atoms with Crippen LogP contribution in [0.5, 0.6) is 0 Å². The fourth-order valence-electron chi connectivity index (χ4n) is 1.40. The van der Waals surface area contributed by atoms with E-state index >= 15 is 0 Å². The summed E-state index contributed by atoms with van der Waals surface area (Å²) in [6.07, 6.45) is 0.0863. The molecular weight excluding hydrogens is 223 g/mol. The number of ether oxygens (including phenoxy) is 2. The maximum Gasteiger partial charge on any atom is 0.129 e. The first-order chi connectivity index (χ1) is 8.29. The smallest absolute Gasteiger partial charge is 0.129 e. The van der Waals surface area contributed by atoms with Gasteiger partial charge >= 0.3 is 0 Å². The number of benzene rings is 1. The van der Waals surface area contributed by atoms with Gasteiger partial charge in [0.15, 0.2) is 0 Å². The highest BCUT2D eigenvalue weighted by molar-refractivity contribution is 5.36. The lowest BCUT2D eigenvalue weighted by Crippen LogP contribution is -2.35. The molecule has 0 aliphatic carbocycles. The Labute approximate surface area is 99.2 Å². The first-order valence-corrected chi connectivity index (χ1v) is 5.37. The van der Waals surface area contributed by atoms with Crippen molar-refractivity contribution in [1.82, 2.24) is 0 Å². The van der Waals surface area contributed by atoms with Crippen LogP contribution in [0.4, 0.5) is 4.39 Å². The fourth-order valence-corrected chi connectivity index (χ4v) is 1.40. The molecule has 1 heterocycles. The Morgan fingerprint density at radius 2 is 2.29 bits per heavy atom. The molecule has 1 aliphatic rings. The van der Waals surface area contributed by atoms with Crippen molar-refractivity contribution in [2.75, 3.05) is 19.8 Å². The second-order valence-electron chi connectivity index (χ2n) is 3.74. The van der Waals surface area contributed by atoms with Crippen molar-refractivity contribution in [2.45, 2.75) is 12.7 Å². The highest BCUT2D eigenvalue weighted by Crippen LogP contribution is 2.14. The van der Waals surface area contributed by atoms with Gasteiger partial charge in [-0.1, -0.05) is 17.9 Å². The molecule has 4 heteroatoms. The van der Waals surface area contributed by atoms with Gasteiger partial charge in [0.1, 0.15) is 18.5 Å². The largest absolute Gasteiger partial charge is 0.384 e. The van der Waals surface area contributed by atoms with Gasteiger partial charge in [0.25, 0.3) is 0 Å². The van der Waals surface area contributed by atoms with Gasteiger partial charge in [0.2, 0.25) is 0 Å². The minimum absolute atomic E-state index is 0.0863. The molecule has 2 rings (SSSR count). The van der Waals surface area contributed by atoms with Crippen molar-refractivity contribution >= 4 is 0 Å². The third-order valence-corrected chi connectivity index (χ3v) is 2.45. The summed E-state index contributed by atoms with van der Waals surface area (Å²) in [5, 5.41) is 8.53. The molecule has 0 saturated carbocycles. The van der Waals surface area contributed by atoms with E-state index in [-0.39, 0.29) is 25.1 Å². The third kappa shape index (κ3) is 3.27. The zero-order chi connectivity index (χ0) is 12.1. The molecule has 0 amide bonds. The average Bonchev–Trinajstić information content (AvgIpc) is 2.27. The third-order valence-electron chi connectivity index (χ3n) is 2.45. The molecule has 1 saturated heterocycles. The molecule has 1 aromatic rings. The number of hydrogen-bond acceptors (Lipinski definition) is 3. The Balaban J connectivity index is 1.97. The summed E-state index contributed by atoms with van der Waals surface area (Å²) in [7, 11) is 0. The number of halogens is 1. The molecule has 0 bridgehead atoms. The Bertz CT molecular complexity index is 444. The SMILES string of the molecule is OCC#Cc1ccc(COC2COC2)c(F)c1. The first-order valence-electron chi connectivity index (χ1n) is 5.37. The predicted octanol–water partition coefficient (Wildman–Crippen LogP) is 1.08. The second-order valence-corrected chi connectivity index (χ2v) is 3.74. The highest BCUT2D eigenvalue weighted by atomic mass is 19.1. The van der Waals surface area contributed by atoms with E-state index in [2.05, 4.69) is 11.8 Å². The highest BCUT2D eigenvalue weighted by Gasteiger charge is 2.19. The van der Waals surface area contributed by atoms with Crippen LogP contribution >= 0.6 is 0 Å². The zero-order valence-corrected chi connectivity index (χ0v) is 9.28. The molecular formula is C13H13FO3. The van der Waals surface area contributed by atoms with Crippen LogP contribution in [0.1, 0.15) is 11.1 Å². The lowest BCUT2D eigenvalue weighted by Gasteiger charge is -2.26. The molecule has 1 aromatic carbocycles. The minimum Gasteiger partial charge on any atom is -0.384 e. The van der Waals surface area contributed by atoms with Gasteiger partial charge in [-0.25, -0.2) is 4.39 Å². The van der Waals surface area contributed by atoms with E-state index in [1.165, 1.54) is 6.07 Å². The first kappa shape index (κ1) is 12.1. The molecule has 0 radical (unpaired) electrons. The lowest BCUT2D eigenvalue weighted by molar-refractivity contribution is -0.135. The molecule has 0 atom stereocenters. The van der Waals surface area contributed by atoms with Crippen molar-refractivity contribution in [3.8, 4) is 11.8 Å². The molecule has 0 spiro atoms. The fraction of sp³-hybridized carbons (Fsp3) is 0.385. The van der Waals surface area contributed by atoms with Gasteiger partial charge in [-0.3, -0.25) is 0 Å². The maximum atomic E-state index is 13.6. The Morgan fingerprint density at radius 1 is 1.47 bits per heavy atom. The molecule has 1 aliphatic heterocycles. The normalized spacial score (nSPS) is 14.9. The van der Waals surface area contributed by atoms with Crippen LogP contribution in [0.2, 0.25) is 0 Å². The van der Waals surface area contributed by atoms with E-state index in [1.807, 2.05) is 0 Å². The average molecular weight is 236 g/mol. The summed E-state index contributed by atoms with van der Waals surface area (Å²) in [6, 6.07) is 4.70. The Kier molecular flexibility index (Phi) is 4.10. The van der Waals surface area contributed by atoms with E-state index in [4.69, 9.17) is 14.6 Å². The maximum absolute atomic E-state index is 13.6. The molecule has 90 valence electrons. The van der Waals surface area contributed by atoms with Crippen LogP contribution in [0.15, 0.2) is 18.2 Å². The summed E-state index contributed by atoms with van der Waals surface area (Å²) < 4.78 is 24.0. The number of aliphatic hydroxyl groups excluding tert-OH is 1. The van der Waals surface area contributed by atoms with Crippen molar-refractivity contribution in [3.05, 3.63) is 35.1 Å². The van der Waals surface area contributed by atoms with Crippen LogP contribution in [-0.4, -0.2) is 31.0 Å². The second kappa shape index (κ2) is 5.78. The van der Waals surface area contributed by atoms with Crippen LogP contribution in [-0.2, 0) is 16.1 Å².